The SMILES string of the molecule is CCOc1ccc(Cl)cc1C(=O)OC(C)C. The Bertz CT molecular complexity index is 375. The second-order valence-electron chi connectivity index (χ2n) is 3.53. The molecular weight excluding hydrogens is 228 g/mol. The number of carbonyl (C=O) groups excluding carboxylic acids is 1. The van der Waals surface area contributed by atoms with Crippen LogP contribution in [-0.2, 0) is 4.74 Å². The topological polar surface area (TPSA) is 35.5 Å². The van der Waals surface area contributed by atoms with Crippen LogP contribution in [-0.4, -0.2) is 18.7 Å². The van der Waals surface area contributed by atoms with E-state index < -0.39 is 5.97 Å². The molecule has 0 N–H and O–H groups in total. The number of benzene rings is 1. The molecule has 0 amide bonds. The molecule has 0 spiro atoms. The molecule has 0 atom stereocenters. The molecule has 0 aliphatic carbocycles. The third-order valence-electron chi connectivity index (χ3n) is 1.80. The number of halogens is 1. The summed E-state index contributed by atoms with van der Waals surface area (Å²) in [7, 11) is 0. The van der Waals surface area contributed by atoms with Gasteiger partial charge in [-0.2, -0.15) is 0 Å². The van der Waals surface area contributed by atoms with Crippen LogP contribution in [0.4, 0.5) is 0 Å². The molecule has 4 heteroatoms. The van der Waals surface area contributed by atoms with Crippen molar-refractivity contribution in [1.82, 2.24) is 0 Å². The van der Waals surface area contributed by atoms with Gasteiger partial charge in [-0.1, -0.05) is 11.6 Å². The molecular formula is C12H15ClO3. The van der Waals surface area contributed by atoms with E-state index in [4.69, 9.17) is 21.1 Å². The van der Waals surface area contributed by atoms with Gasteiger partial charge in [-0.3, -0.25) is 0 Å². The average molecular weight is 243 g/mol. The highest BCUT2D eigenvalue weighted by atomic mass is 35.5. The molecule has 0 heterocycles. The molecule has 0 bridgehead atoms. The van der Waals surface area contributed by atoms with Crippen molar-refractivity contribution < 1.29 is 14.3 Å². The average Bonchev–Trinajstić information content (AvgIpc) is 2.20. The Hall–Kier alpha value is -1.22. The van der Waals surface area contributed by atoms with Crippen molar-refractivity contribution in [2.75, 3.05) is 6.61 Å². The first-order valence-electron chi connectivity index (χ1n) is 5.18. The van der Waals surface area contributed by atoms with Crippen LogP contribution in [0, 0.1) is 0 Å². The van der Waals surface area contributed by atoms with Crippen LogP contribution >= 0.6 is 11.6 Å². The monoisotopic (exact) mass is 242 g/mol. The molecule has 1 aromatic carbocycles. The van der Waals surface area contributed by atoms with E-state index in [1.807, 2.05) is 6.92 Å². The molecule has 0 aromatic heterocycles. The lowest BCUT2D eigenvalue weighted by Crippen LogP contribution is -2.13. The smallest absolute Gasteiger partial charge is 0.342 e. The summed E-state index contributed by atoms with van der Waals surface area (Å²) >= 11 is 5.83. The fraction of sp³-hybridized carbons (Fsp3) is 0.417. The predicted molar refractivity (Wildman–Crippen MR) is 63.2 cm³/mol. The highest BCUT2D eigenvalue weighted by Crippen LogP contribution is 2.24. The Morgan fingerprint density at radius 3 is 2.69 bits per heavy atom. The van der Waals surface area contributed by atoms with E-state index in [0.29, 0.717) is 22.9 Å². The van der Waals surface area contributed by atoms with Gasteiger partial charge in [-0.25, -0.2) is 4.79 Å². The predicted octanol–water partition coefficient (Wildman–Crippen LogP) is 3.30. The first-order chi connectivity index (χ1) is 7.54. The highest BCUT2D eigenvalue weighted by Gasteiger charge is 2.15. The van der Waals surface area contributed by atoms with Crippen LogP contribution in [0.5, 0.6) is 5.75 Å². The first-order valence-corrected chi connectivity index (χ1v) is 5.55. The zero-order valence-corrected chi connectivity index (χ0v) is 10.4. The van der Waals surface area contributed by atoms with Gasteiger partial charge in [0.2, 0.25) is 0 Å². The van der Waals surface area contributed by atoms with Crippen molar-refractivity contribution in [2.45, 2.75) is 26.9 Å². The molecule has 0 saturated carbocycles. The third-order valence-corrected chi connectivity index (χ3v) is 2.04. The van der Waals surface area contributed by atoms with Gasteiger partial charge in [0.1, 0.15) is 11.3 Å². The normalized spacial score (nSPS) is 10.3. The van der Waals surface area contributed by atoms with Gasteiger partial charge in [0, 0.05) is 5.02 Å². The Kier molecular flexibility index (Phi) is 4.62. The molecule has 16 heavy (non-hydrogen) atoms. The van der Waals surface area contributed by atoms with Crippen molar-refractivity contribution in [1.29, 1.82) is 0 Å². The number of rotatable bonds is 4. The molecule has 3 nitrogen and oxygen atoms in total. The quantitative estimate of drug-likeness (QED) is 0.760. The summed E-state index contributed by atoms with van der Waals surface area (Å²) in [6, 6.07) is 4.90. The van der Waals surface area contributed by atoms with Crippen molar-refractivity contribution >= 4 is 17.6 Å². The summed E-state index contributed by atoms with van der Waals surface area (Å²) in [6.45, 7) is 5.93. The van der Waals surface area contributed by atoms with Gasteiger partial charge in [-0.15, -0.1) is 0 Å². The molecule has 1 rings (SSSR count). The molecule has 88 valence electrons. The lowest BCUT2D eigenvalue weighted by molar-refractivity contribution is 0.0373. The summed E-state index contributed by atoms with van der Waals surface area (Å²) in [5.41, 5.74) is 0.364. The maximum atomic E-state index is 11.7. The summed E-state index contributed by atoms with van der Waals surface area (Å²) in [5.74, 6) is 0.0819. The molecule has 0 unspecified atom stereocenters. The van der Waals surface area contributed by atoms with E-state index in [0.717, 1.165) is 0 Å². The molecule has 0 radical (unpaired) electrons. The zero-order chi connectivity index (χ0) is 12.1. The second kappa shape index (κ2) is 5.75. The number of carbonyl (C=O) groups is 1. The standard InChI is InChI=1S/C12H15ClO3/c1-4-15-11-6-5-9(13)7-10(11)12(14)16-8(2)3/h5-8H,4H2,1-3H3. The highest BCUT2D eigenvalue weighted by molar-refractivity contribution is 6.31. The Morgan fingerprint density at radius 1 is 1.44 bits per heavy atom. The fourth-order valence-electron chi connectivity index (χ4n) is 1.22. The lowest BCUT2D eigenvalue weighted by Gasteiger charge is -2.12. The first kappa shape index (κ1) is 12.8. The van der Waals surface area contributed by atoms with Gasteiger partial charge in [0.25, 0.3) is 0 Å². The van der Waals surface area contributed by atoms with E-state index in [1.54, 1.807) is 32.0 Å². The van der Waals surface area contributed by atoms with Crippen LogP contribution < -0.4 is 4.74 Å². The lowest BCUT2D eigenvalue weighted by atomic mass is 10.2. The number of hydrogen-bond donors (Lipinski definition) is 0. The summed E-state index contributed by atoms with van der Waals surface area (Å²) in [6.07, 6.45) is -0.166. The molecule has 0 saturated heterocycles. The molecule has 1 aromatic rings. The summed E-state index contributed by atoms with van der Waals surface area (Å²) in [4.78, 5) is 11.7. The van der Waals surface area contributed by atoms with E-state index in [-0.39, 0.29) is 6.10 Å². The van der Waals surface area contributed by atoms with Crippen molar-refractivity contribution in [3.8, 4) is 5.75 Å². The van der Waals surface area contributed by atoms with Gasteiger partial charge in [0.05, 0.1) is 12.7 Å². The van der Waals surface area contributed by atoms with Crippen LogP contribution in [0.3, 0.4) is 0 Å². The van der Waals surface area contributed by atoms with E-state index in [1.165, 1.54) is 0 Å². The van der Waals surface area contributed by atoms with E-state index in [9.17, 15) is 4.79 Å². The Labute approximate surface area is 100 Å². The maximum Gasteiger partial charge on any atom is 0.342 e. The minimum atomic E-state index is -0.416. The van der Waals surface area contributed by atoms with Crippen molar-refractivity contribution in [3.63, 3.8) is 0 Å². The van der Waals surface area contributed by atoms with Crippen molar-refractivity contribution in [2.24, 2.45) is 0 Å². The summed E-state index contributed by atoms with van der Waals surface area (Å²) in [5, 5.41) is 0.485. The summed E-state index contributed by atoms with van der Waals surface area (Å²) < 4.78 is 10.4. The van der Waals surface area contributed by atoms with E-state index >= 15 is 0 Å². The molecule has 0 aliphatic heterocycles. The molecule has 0 fully saturated rings. The second-order valence-corrected chi connectivity index (χ2v) is 3.96. The van der Waals surface area contributed by atoms with Crippen LogP contribution in [0.2, 0.25) is 5.02 Å². The van der Waals surface area contributed by atoms with Gasteiger partial charge in [0.15, 0.2) is 0 Å². The minimum Gasteiger partial charge on any atom is -0.493 e. The Morgan fingerprint density at radius 2 is 2.12 bits per heavy atom. The number of hydrogen-bond acceptors (Lipinski definition) is 3. The molecule has 0 aliphatic rings. The zero-order valence-electron chi connectivity index (χ0n) is 9.62. The van der Waals surface area contributed by atoms with Gasteiger partial charge < -0.3 is 9.47 Å². The number of ether oxygens (including phenoxy) is 2. The Balaban J connectivity index is 2.99. The third kappa shape index (κ3) is 3.42. The van der Waals surface area contributed by atoms with E-state index in [2.05, 4.69) is 0 Å². The number of esters is 1. The van der Waals surface area contributed by atoms with Gasteiger partial charge >= 0.3 is 5.97 Å². The maximum absolute atomic E-state index is 11.7. The van der Waals surface area contributed by atoms with Crippen LogP contribution in [0.25, 0.3) is 0 Å². The van der Waals surface area contributed by atoms with Crippen LogP contribution in [0.1, 0.15) is 31.1 Å². The largest absolute Gasteiger partial charge is 0.493 e. The fourth-order valence-corrected chi connectivity index (χ4v) is 1.39. The van der Waals surface area contributed by atoms with Crippen LogP contribution in [0.15, 0.2) is 18.2 Å². The minimum absolute atomic E-state index is 0.166. The van der Waals surface area contributed by atoms with Gasteiger partial charge in [-0.05, 0) is 39.0 Å². The van der Waals surface area contributed by atoms with Crippen molar-refractivity contribution in [3.05, 3.63) is 28.8 Å².